The number of carbonyl (C=O) groups is 2. The molecule has 0 aliphatic carbocycles. The number of nitrogens with zero attached hydrogens (tertiary/aromatic N) is 3. The summed E-state index contributed by atoms with van der Waals surface area (Å²) in [6, 6.07) is 11.8. The number of hydrogen-bond acceptors (Lipinski definition) is 4. The maximum atomic E-state index is 13.6. The van der Waals surface area contributed by atoms with Gasteiger partial charge in [0.2, 0.25) is 5.91 Å². The number of likely N-dealkylation sites (N-methyl/N-ethyl adjacent to an activating group) is 1. The summed E-state index contributed by atoms with van der Waals surface area (Å²) in [4.78, 5) is 25.0. The Morgan fingerprint density at radius 1 is 1.23 bits per heavy atom. The van der Waals surface area contributed by atoms with E-state index in [0.29, 0.717) is 24.5 Å². The number of rotatable bonds is 5. The molecule has 0 radical (unpaired) electrons. The molecule has 2 aromatic carbocycles. The summed E-state index contributed by atoms with van der Waals surface area (Å²) >= 11 is 0. The van der Waals surface area contributed by atoms with E-state index in [9.17, 15) is 14.0 Å². The van der Waals surface area contributed by atoms with E-state index in [1.165, 1.54) is 19.1 Å². The lowest BCUT2D eigenvalue weighted by Gasteiger charge is -2.19. The Hall–Kier alpha value is -3.68. The van der Waals surface area contributed by atoms with Gasteiger partial charge in [0.1, 0.15) is 11.6 Å². The summed E-state index contributed by atoms with van der Waals surface area (Å²) in [5.41, 5.74) is 4.74. The first-order valence-electron chi connectivity index (χ1n) is 9.95. The van der Waals surface area contributed by atoms with Crippen LogP contribution in [0.2, 0.25) is 0 Å². The zero-order valence-electron chi connectivity index (χ0n) is 17.6. The number of carbonyl (C=O) groups excluding carboxylic acids is 2. The molecular formula is C23H23FN4O3. The number of benzene rings is 2. The van der Waals surface area contributed by atoms with E-state index in [4.69, 9.17) is 9.84 Å². The van der Waals surface area contributed by atoms with Gasteiger partial charge < -0.3 is 15.0 Å². The molecule has 1 aliphatic heterocycles. The van der Waals surface area contributed by atoms with Crippen LogP contribution in [-0.4, -0.2) is 46.7 Å². The van der Waals surface area contributed by atoms with Crippen molar-refractivity contribution >= 4 is 17.5 Å². The highest BCUT2D eigenvalue weighted by molar-refractivity contribution is 5.97. The summed E-state index contributed by atoms with van der Waals surface area (Å²) in [6.45, 7) is 4.38. The van der Waals surface area contributed by atoms with Gasteiger partial charge in [-0.05, 0) is 48.9 Å². The Labute approximate surface area is 179 Å². The molecule has 0 bridgehead atoms. The van der Waals surface area contributed by atoms with Crippen molar-refractivity contribution in [2.45, 2.75) is 20.4 Å². The van der Waals surface area contributed by atoms with Crippen molar-refractivity contribution in [2.75, 3.05) is 25.5 Å². The highest BCUT2D eigenvalue weighted by Gasteiger charge is 2.22. The standard InChI is InChI=1S/C23H23FN4O3/c1-14-22(17-6-9-20-19(12-17)25-21(30)13-31-20)23(16-4-7-18(24)8-5-16)28(26-14)11-10-27(3)15(2)29/h4-9,12H,10-11,13H2,1-3H3,(H,25,30). The van der Waals surface area contributed by atoms with Crippen LogP contribution in [0.5, 0.6) is 5.75 Å². The van der Waals surface area contributed by atoms with E-state index >= 15 is 0 Å². The number of ether oxygens (including phenoxy) is 1. The fourth-order valence-corrected chi connectivity index (χ4v) is 3.63. The van der Waals surface area contributed by atoms with Gasteiger partial charge in [-0.2, -0.15) is 5.10 Å². The number of amides is 2. The van der Waals surface area contributed by atoms with E-state index in [-0.39, 0.29) is 24.2 Å². The fourth-order valence-electron chi connectivity index (χ4n) is 3.63. The molecule has 3 aromatic rings. The molecule has 0 saturated heterocycles. The van der Waals surface area contributed by atoms with Crippen LogP contribution in [0.3, 0.4) is 0 Å². The predicted molar refractivity (Wildman–Crippen MR) is 115 cm³/mol. The summed E-state index contributed by atoms with van der Waals surface area (Å²) < 4.78 is 20.9. The molecule has 0 fully saturated rings. The van der Waals surface area contributed by atoms with Crippen LogP contribution in [0.25, 0.3) is 22.4 Å². The third kappa shape index (κ3) is 4.14. The summed E-state index contributed by atoms with van der Waals surface area (Å²) in [5, 5.41) is 7.54. The SMILES string of the molecule is CC(=O)N(C)CCn1nc(C)c(-c2ccc3c(c2)NC(=O)CO3)c1-c1ccc(F)cc1. The molecule has 160 valence electrons. The van der Waals surface area contributed by atoms with E-state index in [1.807, 2.05) is 29.8 Å². The molecule has 7 nitrogen and oxygen atoms in total. The van der Waals surface area contributed by atoms with Crippen LogP contribution in [0.15, 0.2) is 42.5 Å². The number of halogens is 1. The smallest absolute Gasteiger partial charge is 0.262 e. The summed E-state index contributed by atoms with van der Waals surface area (Å²) in [6.07, 6.45) is 0. The maximum absolute atomic E-state index is 13.6. The number of anilines is 1. The largest absolute Gasteiger partial charge is 0.482 e. The van der Waals surface area contributed by atoms with Crippen molar-refractivity contribution in [3.8, 4) is 28.1 Å². The third-order valence-electron chi connectivity index (χ3n) is 5.33. The van der Waals surface area contributed by atoms with Gasteiger partial charge in [0.05, 0.1) is 23.6 Å². The number of fused-ring (bicyclic) bond motifs is 1. The average Bonchev–Trinajstić information content (AvgIpc) is 3.07. The summed E-state index contributed by atoms with van der Waals surface area (Å²) in [7, 11) is 1.74. The monoisotopic (exact) mass is 422 g/mol. The van der Waals surface area contributed by atoms with Crippen molar-refractivity contribution in [1.29, 1.82) is 0 Å². The van der Waals surface area contributed by atoms with Crippen LogP contribution in [0.1, 0.15) is 12.6 Å². The third-order valence-corrected chi connectivity index (χ3v) is 5.33. The van der Waals surface area contributed by atoms with Crippen LogP contribution >= 0.6 is 0 Å². The van der Waals surface area contributed by atoms with E-state index in [1.54, 1.807) is 24.1 Å². The van der Waals surface area contributed by atoms with Crippen LogP contribution in [-0.2, 0) is 16.1 Å². The van der Waals surface area contributed by atoms with Crippen molar-refractivity contribution in [3.05, 3.63) is 54.0 Å². The van der Waals surface area contributed by atoms with E-state index < -0.39 is 0 Å². The molecule has 2 amide bonds. The number of aryl methyl sites for hydroxylation is 1. The van der Waals surface area contributed by atoms with Gasteiger partial charge in [-0.25, -0.2) is 4.39 Å². The van der Waals surface area contributed by atoms with Crippen molar-refractivity contribution in [2.24, 2.45) is 0 Å². The molecule has 31 heavy (non-hydrogen) atoms. The van der Waals surface area contributed by atoms with Gasteiger partial charge >= 0.3 is 0 Å². The van der Waals surface area contributed by atoms with Crippen LogP contribution in [0.4, 0.5) is 10.1 Å². The molecule has 0 spiro atoms. The number of hydrogen-bond donors (Lipinski definition) is 1. The Kier molecular flexibility index (Phi) is 5.46. The zero-order chi connectivity index (χ0) is 22.1. The lowest BCUT2D eigenvalue weighted by atomic mass is 9.98. The first kappa shape index (κ1) is 20.6. The minimum Gasteiger partial charge on any atom is -0.482 e. The molecule has 4 rings (SSSR count). The minimum atomic E-state index is -0.321. The second kappa shape index (κ2) is 8.22. The lowest BCUT2D eigenvalue weighted by Crippen LogP contribution is -2.28. The van der Waals surface area contributed by atoms with Crippen molar-refractivity contribution < 1.29 is 18.7 Å². The molecule has 1 aromatic heterocycles. The molecular weight excluding hydrogens is 399 g/mol. The molecule has 0 unspecified atom stereocenters. The van der Waals surface area contributed by atoms with Crippen LogP contribution in [0, 0.1) is 12.7 Å². The van der Waals surface area contributed by atoms with E-state index in [2.05, 4.69) is 5.32 Å². The second-order valence-corrected chi connectivity index (χ2v) is 7.53. The molecule has 0 atom stereocenters. The highest BCUT2D eigenvalue weighted by Crippen LogP contribution is 2.39. The molecule has 1 aliphatic rings. The number of aromatic nitrogens is 2. The fraction of sp³-hybridized carbons (Fsp3) is 0.261. The van der Waals surface area contributed by atoms with Gasteiger partial charge in [-0.1, -0.05) is 6.07 Å². The first-order valence-corrected chi connectivity index (χ1v) is 9.95. The van der Waals surface area contributed by atoms with Gasteiger partial charge in [0.25, 0.3) is 5.91 Å². The van der Waals surface area contributed by atoms with Gasteiger partial charge in [-0.3, -0.25) is 14.3 Å². The predicted octanol–water partition coefficient (Wildman–Crippen LogP) is 3.47. The zero-order valence-corrected chi connectivity index (χ0v) is 17.6. The normalized spacial score (nSPS) is 12.7. The van der Waals surface area contributed by atoms with Gasteiger partial charge in [-0.15, -0.1) is 0 Å². The van der Waals surface area contributed by atoms with Crippen molar-refractivity contribution in [3.63, 3.8) is 0 Å². The Bertz CT molecular complexity index is 1150. The quantitative estimate of drug-likeness (QED) is 0.683. The second-order valence-electron chi connectivity index (χ2n) is 7.53. The van der Waals surface area contributed by atoms with Crippen molar-refractivity contribution in [1.82, 2.24) is 14.7 Å². The molecule has 0 saturated carbocycles. The minimum absolute atomic E-state index is 0.00615. The van der Waals surface area contributed by atoms with Gasteiger partial charge in [0.15, 0.2) is 6.61 Å². The average molecular weight is 422 g/mol. The Balaban J connectivity index is 1.82. The lowest BCUT2D eigenvalue weighted by molar-refractivity contribution is -0.127. The van der Waals surface area contributed by atoms with E-state index in [0.717, 1.165) is 28.1 Å². The Morgan fingerprint density at radius 2 is 1.94 bits per heavy atom. The Morgan fingerprint density at radius 3 is 2.65 bits per heavy atom. The highest BCUT2D eigenvalue weighted by atomic mass is 19.1. The molecule has 2 heterocycles. The van der Waals surface area contributed by atoms with Crippen LogP contribution < -0.4 is 10.1 Å². The number of nitrogens with one attached hydrogen (secondary N) is 1. The molecule has 8 heteroatoms. The first-order chi connectivity index (χ1) is 14.8. The topological polar surface area (TPSA) is 76.5 Å². The maximum Gasteiger partial charge on any atom is 0.262 e. The summed E-state index contributed by atoms with van der Waals surface area (Å²) in [5.74, 6) is 0.0545. The van der Waals surface area contributed by atoms with Gasteiger partial charge in [0, 0.05) is 31.6 Å². The molecule has 1 N–H and O–H groups in total.